The van der Waals surface area contributed by atoms with E-state index in [9.17, 15) is 14.4 Å². The van der Waals surface area contributed by atoms with Crippen molar-refractivity contribution in [2.75, 3.05) is 17.2 Å². The number of nitrogens with two attached hydrogens (primary N) is 1. The quantitative estimate of drug-likeness (QED) is 0.582. The van der Waals surface area contributed by atoms with Gasteiger partial charge in [-0.2, -0.15) is 0 Å². The maximum Gasteiger partial charge on any atom is 0.291 e. The van der Waals surface area contributed by atoms with Crippen molar-refractivity contribution in [3.63, 3.8) is 0 Å². The molecule has 3 aromatic rings. The maximum atomic E-state index is 12.5. The van der Waals surface area contributed by atoms with Crippen LogP contribution in [0.1, 0.15) is 20.9 Å². The molecular formula is C20H17N3O5. The minimum absolute atomic E-state index is 0.199. The number of ether oxygens (including phenoxy) is 1. The van der Waals surface area contributed by atoms with Crippen LogP contribution in [0.25, 0.3) is 0 Å². The first-order valence-corrected chi connectivity index (χ1v) is 8.29. The van der Waals surface area contributed by atoms with Crippen LogP contribution in [0.5, 0.6) is 5.75 Å². The molecule has 4 N–H and O–H groups in total. The monoisotopic (exact) mass is 379 g/mol. The molecule has 8 nitrogen and oxygen atoms in total. The SMILES string of the molecule is NC(=O)COc1ccccc1C(=O)Nc1ccc(NC(=O)c2ccco2)cc1. The number of hydrogen-bond donors (Lipinski definition) is 3. The fourth-order valence-corrected chi connectivity index (χ4v) is 2.36. The highest BCUT2D eigenvalue weighted by molar-refractivity contribution is 6.06. The molecule has 1 aromatic heterocycles. The van der Waals surface area contributed by atoms with Gasteiger partial charge >= 0.3 is 0 Å². The van der Waals surface area contributed by atoms with E-state index in [1.54, 1.807) is 60.7 Å². The molecule has 3 rings (SSSR count). The molecule has 0 bridgehead atoms. The molecule has 142 valence electrons. The third-order valence-corrected chi connectivity index (χ3v) is 3.65. The molecule has 8 heteroatoms. The van der Waals surface area contributed by atoms with Gasteiger partial charge in [-0.1, -0.05) is 12.1 Å². The van der Waals surface area contributed by atoms with Crippen molar-refractivity contribution in [3.8, 4) is 5.75 Å². The molecule has 0 unspecified atom stereocenters. The second-order valence-electron chi connectivity index (χ2n) is 5.71. The molecule has 0 aliphatic carbocycles. The molecule has 1 heterocycles. The second kappa shape index (κ2) is 8.54. The van der Waals surface area contributed by atoms with E-state index >= 15 is 0 Å². The Morgan fingerprint density at radius 2 is 1.50 bits per heavy atom. The van der Waals surface area contributed by atoms with Crippen molar-refractivity contribution < 1.29 is 23.5 Å². The molecule has 0 saturated carbocycles. The minimum atomic E-state index is -0.637. The highest BCUT2D eigenvalue weighted by Gasteiger charge is 2.13. The van der Waals surface area contributed by atoms with Gasteiger partial charge in [-0.05, 0) is 48.5 Å². The fourth-order valence-electron chi connectivity index (χ4n) is 2.36. The Kier molecular flexibility index (Phi) is 5.71. The number of amides is 3. The first kappa shape index (κ1) is 18.7. The van der Waals surface area contributed by atoms with Gasteiger partial charge in [-0.3, -0.25) is 14.4 Å². The third kappa shape index (κ3) is 4.76. The van der Waals surface area contributed by atoms with Crippen LogP contribution in [-0.2, 0) is 4.79 Å². The minimum Gasteiger partial charge on any atom is -0.483 e. The molecular weight excluding hydrogens is 362 g/mol. The Hall–Kier alpha value is -4.07. The van der Waals surface area contributed by atoms with Crippen LogP contribution in [0.4, 0.5) is 11.4 Å². The van der Waals surface area contributed by atoms with Gasteiger partial charge in [0.2, 0.25) is 0 Å². The average molecular weight is 379 g/mol. The highest BCUT2D eigenvalue weighted by atomic mass is 16.5. The summed E-state index contributed by atoms with van der Waals surface area (Å²) < 4.78 is 10.3. The Bertz CT molecular complexity index is 981. The largest absolute Gasteiger partial charge is 0.483 e. The second-order valence-corrected chi connectivity index (χ2v) is 5.71. The zero-order valence-corrected chi connectivity index (χ0v) is 14.7. The molecule has 0 radical (unpaired) electrons. The molecule has 28 heavy (non-hydrogen) atoms. The van der Waals surface area contributed by atoms with Crippen LogP contribution in [0.3, 0.4) is 0 Å². The van der Waals surface area contributed by atoms with Gasteiger partial charge in [0.05, 0.1) is 11.8 Å². The molecule has 2 aromatic carbocycles. The summed E-state index contributed by atoms with van der Waals surface area (Å²) in [5.74, 6) is -0.969. The third-order valence-electron chi connectivity index (χ3n) is 3.65. The van der Waals surface area contributed by atoms with E-state index < -0.39 is 11.8 Å². The number of primary amides is 1. The lowest BCUT2D eigenvalue weighted by molar-refractivity contribution is -0.119. The average Bonchev–Trinajstić information content (AvgIpc) is 3.23. The normalized spacial score (nSPS) is 10.1. The summed E-state index contributed by atoms with van der Waals surface area (Å²) in [7, 11) is 0. The lowest BCUT2D eigenvalue weighted by Crippen LogP contribution is -2.21. The predicted octanol–water partition coefficient (Wildman–Crippen LogP) is 2.65. The van der Waals surface area contributed by atoms with Crippen LogP contribution >= 0.6 is 0 Å². The molecule has 0 saturated heterocycles. The van der Waals surface area contributed by atoms with Crippen LogP contribution < -0.4 is 21.1 Å². The van der Waals surface area contributed by atoms with Crippen molar-refractivity contribution in [1.29, 1.82) is 0 Å². The number of hydrogen-bond acceptors (Lipinski definition) is 5. The van der Waals surface area contributed by atoms with Crippen LogP contribution in [0, 0.1) is 0 Å². The van der Waals surface area contributed by atoms with E-state index in [2.05, 4.69) is 10.6 Å². The highest BCUT2D eigenvalue weighted by Crippen LogP contribution is 2.21. The summed E-state index contributed by atoms with van der Waals surface area (Å²) in [5, 5.41) is 5.41. The van der Waals surface area contributed by atoms with Crippen molar-refractivity contribution in [1.82, 2.24) is 0 Å². The molecule has 0 fully saturated rings. The summed E-state index contributed by atoms with van der Waals surface area (Å²) in [6.45, 7) is -0.325. The van der Waals surface area contributed by atoms with Gasteiger partial charge in [-0.15, -0.1) is 0 Å². The predicted molar refractivity (Wildman–Crippen MR) is 102 cm³/mol. The number of carbonyl (C=O) groups excluding carboxylic acids is 3. The van der Waals surface area contributed by atoms with Crippen molar-refractivity contribution in [3.05, 3.63) is 78.3 Å². The van der Waals surface area contributed by atoms with Gasteiger partial charge in [-0.25, -0.2) is 0 Å². The smallest absolute Gasteiger partial charge is 0.291 e. The van der Waals surface area contributed by atoms with E-state index in [1.165, 1.54) is 6.26 Å². The van der Waals surface area contributed by atoms with Crippen LogP contribution in [0.15, 0.2) is 71.3 Å². The Morgan fingerprint density at radius 1 is 0.857 bits per heavy atom. The molecule has 0 aliphatic heterocycles. The number of rotatable bonds is 7. The van der Waals surface area contributed by atoms with E-state index in [-0.39, 0.29) is 29.6 Å². The molecule has 3 amide bonds. The summed E-state index contributed by atoms with van der Waals surface area (Å²) in [4.78, 5) is 35.3. The van der Waals surface area contributed by atoms with E-state index in [0.717, 1.165) is 0 Å². The van der Waals surface area contributed by atoms with E-state index in [4.69, 9.17) is 14.9 Å². The van der Waals surface area contributed by atoms with Gasteiger partial charge in [0.1, 0.15) is 5.75 Å². The number of nitrogens with one attached hydrogen (secondary N) is 2. The first-order valence-electron chi connectivity index (χ1n) is 8.29. The fraction of sp³-hybridized carbons (Fsp3) is 0.0500. The number of furan rings is 1. The van der Waals surface area contributed by atoms with Crippen molar-refractivity contribution in [2.24, 2.45) is 5.73 Å². The number of anilines is 2. The lowest BCUT2D eigenvalue weighted by atomic mass is 10.1. The summed E-state index contributed by atoms with van der Waals surface area (Å²) in [6.07, 6.45) is 1.42. The first-order chi connectivity index (χ1) is 13.5. The molecule has 0 spiro atoms. The van der Waals surface area contributed by atoms with Gasteiger partial charge in [0, 0.05) is 11.4 Å². The number of benzene rings is 2. The van der Waals surface area contributed by atoms with Gasteiger partial charge < -0.3 is 25.5 Å². The zero-order valence-electron chi connectivity index (χ0n) is 14.7. The zero-order chi connectivity index (χ0) is 19.9. The standard InChI is InChI=1S/C20H17N3O5/c21-18(24)12-28-16-5-2-1-4-15(16)19(25)22-13-7-9-14(10-8-13)23-20(26)17-6-3-11-27-17/h1-11H,12H2,(H2,21,24)(H,22,25)(H,23,26). The van der Waals surface area contributed by atoms with E-state index in [0.29, 0.717) is 11.4 Å². The number of carbonyl (C=O) groups is 3. The maximum absolute atomic E-state index is 12.5. The summed E-state index contributed by atoms with van der Waals surface area (Å²) in [6, 6.07) is 16.3. The summed E-state index contributed by atoms with van der Waals surface area (Å²) in [5.41, 5.74) is 6.40. The van der Waals surface area contributed by atoms with Gasteiger partial charge in [0.15, 0.2) is 12.4 Å². The summed E-state index contributed by atoms with van der Waals surface area (Å²) >= 11 is 0. The number of para-hydroxylation sites is 1. The lowest BCUT2D eigenvalue weighted by Gasteiger charge is -2.11. The Labute approximate surface area is 160 Å². The van der Waals surface area contributed by atoms with Gasteiger partial charge in [0.25, 0.3) is 17.7 Å². The van der Waals surface area contributed by atoms with Crippen LogP contribution in [0.2, 0.25) is 0 Å². The topological polar surface area (TPSA) is 124 Å². The van der Waals surface area contributed by atoms with Crippen molar-refractivity contribution in [2.45, 2.75) is 0 Å². The van der Waals surface area contributed by atoms with Crippen molar-refractivity contribution >= 4 is 29.1 Å². The Morgan fingerprint density at radius 3 is 2.11 bits per heavy atom. The molecule has 0 aliphatic rings. The van der Waals surface area contributed by atoms with Crippen LogP contribution in [-0.4, -0.2) is 24.3 Å². The van der Waals surface area contributed by atoms with E-state index in [1.807, 2.05) is 0 Å². The Balaban J connectivity index is 1.65. The molecule has 0 atom stereocenters.